The van der Waals surface area contributed by atoms with Crippen molar-refractivity contribution >= 4 is 10.0 Å². The van der Waals surface area contributed by atoms with Gasteiger partial charge in [-0.2, -0.15) is 0 Å². The first kappa shape index (κ1) is 11.4. The van der Waals surface area contributed by atoms with Crippen molar-refractivity contribution in [3.8, 4) is 5.75 Å². The number of ether oxygens (including phenoxy) is 1. The van der Waals surface area contributed by atoms with Gasteiger partial charge in [0.05, 0.1) is 11.9 Å². The van der Waals surface area contributed by atoms with Crippen LogP contribution in [0.2, 0.25) is 0 Å². The molecule has 1 aromatic carbocycles. The van der Waals surface area contributed by atoms with E-state index >= 15 is 0 Å². The lowest BCUT2D eigenvalue weighted by Crippen LogP contribution is -2.29. The van der Waals surface area contributed by atoms with Crippen molar-refractivity contribution in [3.05, 3.63) is 29.8 Å². The molecular formula is C11H15NO3S. The van der Waals surface area contributed by atoms with Crippen LogP contribution in [0.15, 0.2) is 24.3 Å². The first-order valence-electron chi connectivity index (χ1n) is 5.22. The fraction of sp³-hybridized carbons (Fsp3) is 0.455. The van der Waals surface area contributed by atoms with E-state index in [1.54, 1.807) is 0 Å². The molecule has 1 aromatic rings. The number of primary sulfonamides is 1. The predicted molar refractivity (Wildman–Crippen MR) is 61.9 cm³/mol. The molecule has 0 bridgehead atoms. The Kier molecular flexibility index (Phi) is 2.90. The van der Waals surface area contributed by atoms with Crippen molar-refractivity contribution in [1.82, 2.24) is 0 Å². The van der Waals surface area contributed by atoms with Crippen LogP contribution in [0.4, 0.5) is 0 Å². The number of hydrogen-bond donors (Lipinski definition) is 1. The van der Waals surface area contributed by atoms with Crippen LogP contribution < -0.4 is 9.88 Å². The van der Waals surface area contributed by atoms with Gasteiger partial charge in [-0.15, -0.1) is 0 Å². The third-order valence-corrected chi connectivity index (χ3v) is 3.60. The van der Waals surface area contributed by atoms with Gasteiger partial charge in [0.15, 0.2) is 0 Å². The van der Waals surface area contributed by atoms with Crippen LogP contribution >= 0.6 is 0 Å². The van der Waals surface area contributed by atoms with Crippen LogP contribution in [0.5, 0.6) is 5.75 Å². The topological polar surface area (TPSA) is 69.4 Å². The van der Waals surface area contributed by atoms with Crippen molar-refractivity contribution in [2.45, 2.75) is 25.4 Å². The summed E-state index contributed by atoms with van der Waals surface area (Å²) in [5.74, 6) is 0.697. The largest absolute Gasteiger partial charge is 0.490 e. The molecule has 2 atom stereocenters. The summed E-state index contributed by atoms with van der Waals surface area (Å²) in [4.78, 5) is 0. The van der Waals surface area contributed by atoms with Gasteiger partial charge < -0.3 is 4.74 Å². The van der Waals surface area contributed by atoms with Gasteiger partial charge in [-0.25, -0.2) is 13.6 Å². The van der Waals surface area contributed by atoms with Crippen molar-refractivity contribution in [1.29, 1.82) is 0 Å². The Balaban J connectivity index is 2.34. The van der Waals surface area contributed by atoms with Gasteiger partial charge in [-0.3, -0.25) is 0 Å². The van der Waals surface area contributed by atoms with Crippen molar-refractivity contribution in [2.24, 2.45) is 5.14 Å². The summed E-state index contributed by atoms with van der Waals surface area (Å²) >= 11 is 0. The lowest BCUT2D eigenvalue weighted by molar-refractivity contribution is 0.180. The number of hydrogen-bond acceptors (Lipinski definition) is 3. The number of rotatable bonds is 2. The minimum atomic E-state index is -3.45. The minimum absolute atomic E-state index is 0.0162. The average Bonchev–Trinajstić information content (AvgIpc) is 2.14. The average molecular weight is 241 g/mol. The van der Waals surface area contributed by atoms with Crippen molar-refractivity contribution in [2.75, 3.05) is 5.75 Å². The van der Waals surface area contributed by atoms with Crippen LogP contribution in [0.1, 0.15) is 24.8 Å². The highest BCUT2D eigenvalue weighted by Crippen LogP contribution is 2.36. The van der Waals surface area contributed by atoms with Gasteiger partial charge in [0.25, 0.3) is 0 Å². The molecule has 0 fully saturated rings. The molecule has 0 amide bonds. The standard InChI is InChI=1S/C11H15NO3S/c1-8-6-9(7-16(12,13)14)10-4-2-3-5-11(10)15-8/h2-5,8-9H,6-7H2,1H3,(H2,12,13,14)/t8-,9+/m1/s1. The zero-order valence-corrected chi connectivity index (χ0v) is 9.91. The number of para-hydroxylation sites is 1. The summed E-state index contributed by atoms with van der Waals surface area (Å²) in [6.07, 6.45) is 0.717. The number of sulfonamides is 1. The zero-order chi connectivity index (χ0) is 11.8. The van der Waals surface area contributed by atoms with E-state index in [1.807, 2.05) is 31.2 Å². The molecule has 2 N–H and O–H groups in total. The van der Waals surface area contributed by atoms with E-state index in [2.05, 4.69) is 0 Å². The van der Waals surface area contributed by atoms with Crippen LogP contribution in [0, 0.1) is 0 Å². The maximum absolute atomic E-state index is 11.2. The predicted octanol–water partition coefficient (Wildman–Crippen LogP) is 1.23. The number of nitrogens with two attached hydrogens (primary N) is 1. The Morgan fingerprint density at radius 2 is 2.12 bits per heavy atom. The van der Waals surface area contributed by atoms with Gasteiger partial charge in [-0.05, 0) is 25.0 Å². The Labute approximate surface area is 95.5 Å². The molecule has 88 valence electrons. The van der Waals surface area contributed by atoms with Gasteiger partial charge in [0.1, 0.15) is 5.75 Å². The summed E-state index contributed by atoms with van der Waals surface area (Å²) in [7, 11) is -3.45. The van der Waals surface area contributed by atoms with Crippen molar-refractivity contribution in [3.63, 3.8) is 0 Å². The smallest absolute Gasteiger partial charge is 0.209 e. The van der Waals surface area contributed by atoms with E-state index in [0.29, 0.717) is 6.42 Å². The Morgan fingerprint density at radius 3 is 2.81 bits per heavy atom. The van der Waals surface area contributed by atoms with Crippen molar-refractivity contribution < 1.29 is 13.2 Å². The molecule has 4 nitrogen and oxygen atoms in total. The van der Waals surface area contributed by atoms with E-state index in [1.165, 1.54) is 0 Å². The molecule has 5 heteroatoms. The van der Waals surface area contributed by atoms with E-state index < -0.39 is 10.0 Å². The van der Waals surface area contributed by atoms with E-state index in [0.717, 1.165) is 11.3 Å². The second-order valence-corrected chi connectivity index (χ2v) is 5.89. The summed E-state index contributed by atoms with van der Waals surface area (Å²) < 4.78 is 27.9. The first-order valence-corrected chi connectivity index (χ1v) is 6.93. The molecule has 0 unspecified atom stereocenters. The molecule has 1 aliphatic rings. The molecule has 1 aliphatic heterocycles. The molecule has 1 heterocycles. The molecule has 0 aromatic heterocycles. The normalized spacial score (nSPS) is 24.6. The van der Waals surface area contributed by atoms with Crippen LogP contribution in [0.25, 0.3) is 0 Å². The first-order chi connectivity index (χ1) is 7.46. The molecule has 0 saturated heterocycles. The second-order valence-electron chi connectivity index (χ2n) is 4.23. The summed E-state index contributed by atoms with van der Waals surface area (Å²) in [5.41, 5.74) is 0.939. The highest BCUT2D eigenvalue weighted by atomic mass is 32.2. The molecule has 2 rings (SSSR count). The second kappa shape index (κ2) is 4.07. The number of fused-ring (bicyclic) bond motifs is 1. The highest BCUT2D eigenvalue weighted by Gasteiger charge is 2.28. The molecule has 0 radical (unpaired) electrons. The molecule has 0 spiro atoms. The molecule has 0 saturated carbocycles. The number of benzene rings is 1. The van der Waals surface area contributed by atoms with Gasteiger partial charge in [0, 0.05) is 5.92 Å². The molecular weight excluding hydrogens is 226 g/mol. The third kappa shape index (κ3) is 2.54. The fourth-order valence-corrected chi connectivity index (χ4v) is 3.03. The summed E-state index contributed by atoms with van der Waals surface area (Å²) in [6.45, 7) is 1.94. The Morgan fingerprint density at radius 1 is 1.44 bits per heavy atom. The maximum atomic E-state index is 11.2. The maximum Gasteiger partial charge on any atom is 0.209 e. The lowest BCUT2D eigenvalue weighted by Gasteiger charge is -2.29. The molecule has 16 heavy (non-hydrogen) atoms. The highest BCUT2D eigenvalue weighted by molar-refractivity contribution is 7.89. The van der Waals surface area contributed by atoms with Gasteiger partial charge in [0.2, 0.25) is 10.0 Å². The monoisotopic (exact) mass is 241 g/mol. The fourth-order valence-electron chi connectivity index (χ4n) is 2.16. The van der Waals surface area contributed by atoms with Gasteiger partial charge >= 0.3 is 0 Å². The Bertz CT molecular complexity index is 484. The summed E-state index contributed by atoms with van der Waals surface area (Å²) in [6, 6.07) is 7.53. The molecule has 0 aliphatic carbocycles. The lowest BCUT2D eigenvalue weighted by atomic mass is 9.92. The minimum Gasteiger partial charge on any atom is -0.490 e. The van der Waals surface area contributed by atoms with Crippen LogP contribution in [-0.4, -0.2) is 20.3 Å². The summed E-state index contributed by atoms with van der Waals surface area (Å²) in [5, 5.41) is 5.10. The zero-order valence-electron chi connectivity index (χ0n) is 9.09. The third-order valence-electron chi connectivity index (χ3n) is 2.74. The van der Waals surface area contributed by atoms with E-state index in [-0.39, 0.29) is 17.8 Å². The quantitative estimate of drug-likeness (QED) is 0.846. The van der Waals surface area contributed by atoms with Crippen LogP contribution in [-0.2, 0) is 10.0 Å². The SMILES string of the molecule is C[C@@H]1C[C@@H](CS(N)(=O)=O)c2ccccc2O1. The van der Waals surface area contributed by atoms with Crippen LogP contribution in [0.3, 0.4) is 0 Å². The van der Waals surface area contributed by atoms with Gasteiger partial charge in [-0.1, -0.05) is 18.2 Å². The van der Waals surface area contributed by atoms with E-state index in [9.17, 15) is 8.42 Å². The van der Waals surface area contributed by atoms with E-state index in [4.69, 9.17) is 9.88 Å². The Hall–Kier alpha value is -1.07.